The number of halogens is 4. The molecule has 0 bridgehead atoms. The summed E-state index contributed by atoms with van der Waals surface area (Å²) >= 11 is 5.84. The van der Waals surface area contributed by atoms with Gasteiger partial charge in [-0.05, 0) is 19.8 Å². The molecule has 0 saturated heterocycles. The molecule has 0 aromatic carbocycles. The van der Waals surface area contributed by atoms with Crippen molar-refractivity contribution in [3.63, 3.8) is 0 Å². The molecule has 0 spiro atoms. The van der Waals surface area contributed by atoms with Crippen LogP contribution in [0, 0.1) is 0 Å². The molecule has 4 nitrogen and oxygen atoms in total. The summed E-state index contributed by atoms with van der Waals surface area (Å²) in [5, 5.41) is 6.30. The first-order valence-electron chi connectivity index (χ1n) is 6.22. The highest BCUT2D eigenvalue weighted by atomic mass is 35.5. The highest BCUT2D eigenvalue weighted by molar-refractivity contribution is 6.32. The quantitative estimate of drug-likeness (QED) is 0.906. The van der Waals surface area contributed by atoms with E-state index in [1.54, 1.807) is 0 Å². The molecule has 0 radical (unpaired) electrons. The van der Waals surface area contributed by atoms with Crippen molar-refractivity contribution in [1.82, 2.24) is 9.78 Å². The van der Waals surface area contributed by atoms with Gasteiger partial charge in [0, 0.05) is 5.54 Å². The third kappa shape index (κ3) is 4.13. The summed E-state index contributed by atoms with van der Waals surface area (Å²) in [7, 11) is 0. The molecule has 0 unspecified atom stereocenters. The molecule has 8 heteroatoms. The van der Waals surface area contributed by atoms with Gasteiger partial charge in [-0.3, -0.25) is 4.79 Å². The Kier molecular flexibility index (Phi) is 5.07. The van der Waals surface area contributed by atoms with E-state index >= 15 is 0 Å². The van der Waals surface area contributed by atoms with Crippen LogP contribution in [0.3, 0.4) is 0 Å². The first kappa shape index (κ1) is 16.8. The standard InChI is InChI=1S/C12H17ClF3N3O/c1-4-11(3,5-2)18-8-6-17-19(7-12(14,15)16)10(20)9(8)13/h6,18H,4-5,7H2,1-3H3. The third-order valence-corrected chi connectivity index (χ3v) is 3.68. The summed E-state index contributed by atoms with van der Waals surface area (Å²) in [6.45, 7) is 4.40. The average Bonchev–Trinajstić information content (AvgIpc) is 2.37. The highest BCUT2D eigenvalue weighted by Crippen LogP contribution is 2.25. The molecular weight excluding hydrogens is 295 g/mol. The molecule has 0 aliphatic carbocycles. The molecule has 1 N–H and O–H groups in total. The molecule has 0 amide bonds. The van der Waals surface area contributed by atoms with Gasteiger partial charge in [-0.1, -0.05) is 25.4 Å². The molecule has 1 heterocycles. The smallest absolute Gasteiger partial charge is 0.377 e. The fourth-order valence-corrected chi connectivity index (χ4v) is 1.78. The van der Waals surface area contributed by atoms with Crippen molar-refractivity contribution in [2.24, 2.45) is 0 Å². The minimum Gasteiger partial charge on any atom is -0.377 e. The van der Waals surface area contributed by atoms with Crippen molar-refractivity contribution >= 4 is 17.3 Å². The topological polar surface area (TPSA) is 46.9 Å². The van der Waals surface area contributed by atoms with Crippen LogP contribution in [0.4, 0.5) is 18.9 Å². The van der Waals surface area contributed by atoms with E-state index in [-0.39, 0.29) is 16.2 Å². The Balaban J connectivity index is 3.10. The molecule has 114 valence electrons. The fourth-order valence-electron chi connectivity index (χ4n) is 1.59. The maximum absolute atomic E-state index is 12.3. The van der Waals surface area contributed by atoms with Gasteiger partial charge in [-0.15, -0.1) is 0 Å². The van der Waals surface area contributed by atoms with E-state index in [0.29, 0.717) is 4.68 Å². The van der Waals surface area contributed by atoms with Crippen LogP contribution in [0.15, 0.2) is 11.0 Å². The molecule has 1 aromatic rings. The van der Waals surface area contributed by atoms with Crippen molar-refractivity contribution < 1.29 is 13.2 Å². The Morgan fingerprint density at radius 1 is 1.35 bits per heavy atom. The number of hydrogen-bond acceptors (Lipinski definition) is 3. The molecule has 1 rings (SSSR count). The Labute approximate surface area is 119 Å². The van der Waals surface area contributed by atoms with Crippen LogP contribution in [0.25, 0.3) is 0 Å². The van der Waals surface area contributed by atoms with Crippen molar-refractivity contribution in [2.75, 3.05) is 5.32 Å². The molecule has 0 saturated carbocycles. The van der Waals surface area contributed by atoms with Crippen LogP contribution in [-0.4, -0.2) is 21.5 Å². The van der Waals surface area contributed by atoms with E-state index in [1.165, 1.54) is 0 Å². The number of nitrogens with zero attached hydrogens (tertiary/aromatic N) is 2. The van der Waals surface area contributed by atoms with Gasteiger partial charge in [-0.25, -0.2) is 4.68 Å². The first-order chi connectivity index (χ1) is 9.12. The van der Waals surface area contributed by atoms with Crippen LogP contribution in [0.5, 0.6) is 0 Å². The number of rotatable bonds is 5. The maximum atomic E-state index is 12.3. The van der Waals surface area contributed by atoms with Crippen LogP contribution in [0.2, 0.25) is 5.02 Å². The molecule has 0 atom stereocenters. The fraction of sp³-hybridized carbons (Fsp3) is 0.667. The lowest BCUT2D eigenvalue weighted by Crippen LogP contribution is -2.35. The molecule has 0 aliphatic rings. The van der Waals surface area contributed by atoms with E-state index in [4.69, 9.17) is 11.6 Å². The maximum Gasteiger partial charge on any atom is 0.408 e. The Hall–Kier alpha value is -1.24. The lowest BCUT2D eigenvalue weighted by molar-refractivity contribution is -0.143. The van der Waals surface area contributed by atoms with Crippen LogP contribution >= 0.6 is 11.6 Å². The lowest BCUT2D eigenvalue weighted by Gasteiger charge is -2.29. The van der Waals surface area contributed by atoms with Crippen molar-refractivity contribution in [1.29, 1.82) is 0 Å². The predicted molar refractivity (Wildman–Crippen MR) is 72.2 cm³/mol. The zero-order valence-electron chi connectivity index (χ0n) is 11.5. The summed E-state index contributed by atoms with van der Waals surface area (Å²) in [5.74, 6) is 0. The van der Waals surface area contributed by atoms with Gasteiger partial charge in [0.15, 0.2) is 0 Å². The molecule has 0 aliphatic heterocycles. The second kappa shape index (κ2) is 6.03. The minimum absolute atomic E-state index is 0.251. The Bertz CT molecular complexity index is 524. The summed E-state index contributed by atoms with van der Waals surface area (Å²) in [4.78, 5) is 11.8. The van der Waals surface area contributed by atoms with E-state index in [0.717, 1.165) is 19.0 Å². The molecule has 1 aromatic heterocycles. The van der Waals surface area contributed by atoms with Crippen LogP contribution in [-0.2, 0) is 6.54 Å². The van der Waals surface area contributed by atoms with Gasteiger partial charge in [0.2, 0.25) is 0 Å². The van der Waals surface area contributed by atoms with E-state index in [2.05, 4.69) is 10.4 Å². The van der Waals surface area contributed by atoms with Gasteiger partial charge >= 0.3 is 6.18 Å². The van der Waals surface area contributed by atoms with Gasteiger partial charge in [0.05, 0.1) is 11.9 Å². The lowest BCUT2D eigenvalue weighted by atomic mass is 9.95. The second-order valence-electron chi connectivity index (χ2n) is 4.84. The Morgan fingerprint density at radius 3 is 2.35 bits per heavy atom. The Morgan fingerprint density at radius 2 is 1.90 bits per heavy atom. The van der Waals surface area contributed by atoms with Gasteiger partial charge in [0.25, 0.3) is 5.56 Å². The number of hydrogen-bond donors (Lipinski definition) is 1. The molecule has 0 fully saturated rings. The molecule has 20 heavy (non-hydrogen) atoms. The number of anilines is 1. The number of aromatic nitrogens is 2. The highest BCUT2D eigenvalue weighted by Gasteiger charge is 2.30. The van der Waals surface area contributed by atoms with Crippen molar-refractivity contribution in [2.45, 2.75) is 51.9 Å². The SMILES string of the molecule is CCC(C)(CC)Nc1cnn(CC(F)(F)F)c(=O)c1Cl. The average molecular weight is 312 g/mol. The normalized spacial score (nSPS) is 12.6. The second-order valence-corrected chi connectivity index (χ2v) is 5.22. The summed E-state index contributed by atoms with van der Waals surface area (Å²) < 4.78 is 37.1. The van der Waals surface area contributed by atoms with Gasteiger partial charge in [-0.2, -0.15) is 18.3 Å². The largest absolute Gasteiger partial charge is 0.408 e. The van der Waals surface area contributed by atoms with Crippen LogP contribution < -0.4 is 10.9 Å². The first-order valence-corrected chi connectivity index (χ1v) is 6.60. The van der Waals surface area contributed by atoms with E-state index in [9.17, 15) is 18.0 Å². The van der Waals surface area contributed by atoms with Gasteiger partial charge in [0.1, 0.15) is 11.6 Å². The number of nitrogens with one attached hydrogen (secondary N) is 1. The van der Waals surface area contributed by atoms with E-state index < -0.39 is 18.3 Å². The van der Waals surface area contributed by atoms with Gasteiger partial charge < -0.3 is 5.32 Å². The third-order valence-electron chi connectivity index (χ3n) is 3.31. The molecular formula is C12H17ClF3N3O. The summed E-state index contributed by atoms with van der Waals surface area (Å²) in [6.07, 6.45) is -1.83. The van der Waals surface area contributed by atoms with Crippen molar-refractivity contribution in [3.8, 4) is 0 Å². The summed E-state index contributed by atoms with van der Waals surface area (Å²) in [6, 6.07) is 0. The zero-order chi connectivity index (χ0) is 15.6. The minimum atomic E-state index is -4.52. The van der Waals surface area contributed by atoms with Crippen LogP contribution in [0.1, 0.15) is 33.6 Å². The van der Waals surface area contributed by atoms with Crippen molar-refractivity contribution in [3.05, 3.63) is 21.6 Å². The predicted octanol–water partition coefficient (Wildman–Crippen LogP) is 3.45. The van der Waals surface area contributed by atoms with E-state index in [1.807, 2.05) is 20.8 Å². The summed E-state index contributed by atoms with van der Waals surface area (Å²) in [5.41, 5.74) is -1.00. The monoisotopic (exact) mass is 311 g/mol. The number of alkyl halides is 3. The zero-order valence-corrected chi connectivity index (χ0v) is 12.3.